The van der Waals surface area contributed by atoms with Crippen LogP contribution in [0.3, 0.4) is 0 Å². The quantitative estimate of drug-likeness (QED) is 0.206. The fraction of sp³-hybridized carbons (Fsp3) is 0.0690. The Kier molecular flexibility index (Phi) is 6.55. The van der Waals surface area contributed by atoms with Gasteiger partial charge in [0, 0.05) is 34.5 Å². The van der Waals surface area contributed by atoms with Gasteiger partial charge < -0.3 is 20.4 Å². The van der Waals surface area contributed by atoms with Gasteiger partial charge in [0.15, 0.2) is 0 Å². The Morgan fingerprint density at radius 2 is 1.63 bits per heavy atom. The number of fused-ring (bicyclic) bond motifs is 1. The molecule has 1 aromatic heterocycles. The SMILES string of the molecule is COc1c(Br)cccc1C(=O)Nc1ccc(CNc2ccc(-c3cc4ccccc4[nH]3)cc2)cc1. The number of hydrogen-bond acceptors (Lipinski definition) is 3. The molecule has 0 atom stereocenters. The van der Waals surface area contributed by atoms with E-state index in [-0.39, 0.29) is 5.91 Å². The number of anilines is 2. The second kappa shape index (κ2) is 10.1. The monoisotopic (exact) mass is 525 g/mol. The highest BCUT2D eigenvalue weighted by atomic mass is 79.9. The predicted octanol–water partition coefficient (Wildman–Crippen LogP) is 7.47. The number of carbonyl (C=O) groups is 1. The van der Waals surface area contributed by atoms with Gasteiger partial charge in [-0.05, 0) is 75.6 Å². The minimum Gasteiger partial charge on any atom is -0.495 e. The maximum atomic E-state index is 12.7. The summed E-state index contributed by atoms with van der Waals surface area (Å²) in [7, 11) is 1.55. The third-order valence-corrected chi connectivity index (χ3v) is 6.47. The van der Waals surface area contributed by atoms with Crippen molar-refractivity contribution in [2.75, 3.05) is 17.7 Å². The van der Waals surface area contributed by atoms with Crippen LogP contribution >= 0.6 is 15.9 Å². The van der Waals surface area contributed by atoms with Crippen LogP contribution in [0.4, 0.5) is 11.4 Å². The lowest BCUT2D eigenvalue weighted by Crippen LogP contribution is -2.13. The zero-order valence-corrected chi connectivity index (χ0v) is 20.7. The molecule has 0 saturated heterocycles. The zero-order valence-electron chi connectivity index (χ0n) is 19.1. The molecule has 5 aromatic rings. The highest BCUT2D eigenvalue weighted by Crippen LogP contribution is 2.29. The highest BCUT2D eigenvalue weighted by molar-refractivity contribution is 9.10. The molecule has 1 heterocycles. The van der Waals surface area contributed by atoms with Crippen molar-refractivity contribution in [3.63, 3.8) is 0 Å². The van der Waals surface area contributed by atoms with Crippen molar-refractivity contribution >= 4 is 44.1 Å². The topological polar surface area (TPSA) is 66.2 Å². The third kappa shape index (κ3) is 5.08. The second-order valence-corrected chi connectivity index (χ2v) is 9.03. The van der Waals surface area contributed by atoms with E-state index in [1.54, 1.807) is 13.2 Å². The second-order valence-electron chi connectivity index (χ2n) is 8.17. The van der Waals surface area contributed by atoms with E-state index in [4.69, 9.17) is 4.74 Å². The van der Waals surface area contributed by atoms with E-state index >= 15 is 0 Å². The molecule has 4 aromatic carbocycles. The van der Waals surface area contributed by atoms with E-state index < -0.39 is 0 Å². The Balaban J connectivity index is 1.19. The lowest BCUT2D eigenvalue weighted by Gasteiger charge is -2.11. The van der Waals surface area contributed by atoms with E-state index in [0.717, 1.165) is 38.2 Å². The van der Waals surface area contributed by atoms with Crippen molar-refractivity contribution in [2.24, 2.45) is 0 Å². The molecule has 6 heteroatoms. The number of methoxy groups -OCH3 is 1. The number of hydrogen-bond donors (Lipinski definition) is 3. The fourth-order valence-electron chi connectivity index (χ4n) is 4.00. The number of nitrogens with one attached hydrogen (secondary N) is 3. The smallest absolute Gasteiger partial charge is 0.259 e. The zero-order chi connectivity index (χ0) is 24.2. The highest BCUT2D eigenvalue weighted by Gasteiger charge is 2.14. The molecular formula is C29H24BrN3O2. The summed E-state index contributed by atoms with van der Waals surface area (Å²) in [5, 5.41) is 7.59. The van der Waals surface area contributed by atoms with E-state index in [1.165, 1.54) is 5.39 Å². The molecule has 0 bridgehead atoms. The molecule has 0 saturated carbocycles. The molecule has 0 spiro atoms. The molecule has 0 aliphatic rings. The Bertz CT molecular complexity index is 1440. The lowest BCUT2D eigenvalue weighted by molar-refractivity contribution is 0.102. The number of amides is 1. The van der Waals surface area contributed by atoms with Gasteiger partial charge in [-0.15, -0.1) is 0 Å². The first-order valence-corrected chi connectivity index (χ1v) is 12.0. The van der Waals surface area contributed by atoms with Gasteiger partial charge in [0.25, 0.3) is 5.91 Å². The average Bonchev–Trinajstić information content (AvgIpc) is 3.33. The van der Waals surface area contributed by atoms with E-state index in [9.17, 15) is 4.79 Å². The standard InChI is InChI=1S/C29H24BrN3O2/c1-35-28-24(6-4-7-25(28)30)29(34)32-23-13-9-19(10-14-23)18-31-22-15-11-20(12-16-22)27-17-21-5-2-3-8-26(21)33-27/h2-17,31,33H,18H2,1H3,(H,32,34). The molecule has 0 aliphatic heterocycles. The van der Waals surface area contributed by atoms with Gasteiger partial charge in [-0.2, -0.15) is 0 Å². The average molecular weight is 526 g/mol. The molecule has 0 radical (unpaired) electrons. The number of ether oxygens (including phenoxy) is 1. The van der Waals surface area contributed by atoms with Gasteiger partial charge >= 0.3 is 0 Å². The van der Waals surface area contributed by atoms with Crippen molar-refractivity contribution in [1.82, 2.24) is 4.98 Å². The van der Waals surface area contributed by atoms with Crippen molar-refractivity contribution in [3.05, 3.63) is 113 Å². The Morgan fingerprint density at radius 3 is 2.37 bits per heavy atom. The third-order valence-electron chi connectivity index (χ3n) is 5.85. The van der Waals surface area contributed by atoms with E-state index in [0.29, 0.717) is 17.9 Å². The number of para-hydroxylation sites is 2. The maximum absolute atomic E-state index is 12.7. The number of carbonyl (C=O) groups excluding carboxylic acids is 1. The van der Waals surface area contributed by atoms with Gasteiger partial charge in [-0.25, -0.2) is 0 Å². The normalized spacial score (nSPS) is 10.8. The van der Waals surface area contributed by atoms with Crippen LogP contribution in [0.15, 0.2) is 102 Å². The van der Waals surface area contributed by atoms with Crippen LogP contribution in [-0.4, -0.2) is 18.0 Å². The fourth-order valence-corrected chi connectivity index (χ4v) is 4.53. The number of aromatic nitrogens is 1. The number of rotatable bonds is 7. The summed E-state index contributed by atoms with van der Waals surface area (Å²) in [6, 6.07) is 32.0. The number of H-pyrrole nitrogens is 1. The minimum absolute atomic E-state index is 0.218. The molecule has 0 unspecified atom stereocenters. The summed E-state index contributed by atoms with van der Waals surface area (Å²) >= 11 is 3.42. The summed E-state index contributed by atoms with van der Waals surface area (Å²) in [5.41, 5.74) is 6.75. The van der Waals surface area contributed by atoms with Crippen molar-refractivity contribution in [1.29, 1.82) is 0 Å². The molecule has 1 amide bonds. The summed E-state index contributed by atoms with van der Waals surface area (Å²) in [4.78, 5) is 16.2. The summed E-state index contributed by atoms with van der Waals surface area (Å²) < 4.78 is 6.10. The lowest BCUT2D eigenvalue weighted by atomic mass is 10.1. The number of benzene rings is 4. The molecule has 5 rings (SSSR count). The van der Waals surface area contributed by atoms with Crippen molar-refractivity contribution in [3.8, 4) is 17.0 Å². The molecule has 0 fully saturated rings. The first-order valence-electron chi connectivity index (χ1n) is 11.3. The van der Waals surface area contributed by atoms with Crippen LogP contribution in [0.1, 0.15) is 15.9 Å². The van der Waals surface area contributed by atoms with Crippen LogP contribution in [0.25, 0.3) is 22.2 Å². The van der Waals surface area contributed by atoms with Gasteiger partial charge in [-0.3, -0.25) is 4.79 Å². The summed E-state index contributed by atoms with van der Waals surface area (Å²) in [6.45, 7) is 0.680. The maximum Gasteiger partial charge on any atom is 0.259 e. The molecule has 0 aliphatic carbocycles. The molecular weight excluding hydrogens is 502 g/mol. The minimum atomic E-state index is -0.218. The predicted molar refractivity (Wildman–Crippen MR) is 146 cm³/mol. The van der Waals surface area contributed by atoms with Crippen LogP contribution in [-0.2, 0) is 6.54 Å². The Labute approximate surface area is 212 Å². The largest absolute Gasteiger partial charge is 0.495 e. The summed E-state index contributed by atoms with van der Waals surface area (Å²) in [6.07, 6.45) is 0. The van der Waals surface area contributed by atoms with Gasteiger partial charge in [0.1, 0.15) is 5.75 Å². The summed E-state index contributed by atoms with van der Waals surface area (Å²) in [5.74, 6) is 0.297. The molecule has 3 N–H and O–H groups in total. The van der Waals surface area contributed by atoms with Crippen LogP contribution in [0, 0.1) is 0 Å². The molecule has 5 nitrogen and oxygen atoms in total. The van der Waals surface area contributed by atoms with Gasteiger partial charge in [0.05, 0.1) is 17.1 Å². The van der Waals surface area contributed by atoms with E-state index in [1.807, 2.05) is 48.5 Å². The number of halogens is 1. The number of aromatic amines is 1. The van der Waals surface area contributed by atoms with Crippen LogP contribution in [0.2, 0.25) is 0 Å². The van der Waals surface area contributed by atoms with Crippen molar-refractivity contribution in [2.45, 2.75) is 6.54 Å². The Hall–Kier alpha value is -4.03. The van der Waals surface area contributed by atoms with Crippen molar-refractivity contribution < 1.29 is 9.53 Å². The van der Waals surface area contributed by atoms with Crippen LogP contribution in [0.5, 0.6) is 5.75 Å². The van der Waals surface area contributed by atoms with Gasteiger partial charge in [-0.1, -0.05) is 48.5 Å². The first kappa shape index (κ1) is 22.7. The molecule has 174 valence electrons. The molecule has 35 heavy (non-hydrogen) atoms. The van der Waals surface area contributed by atoms with Gasteiger partial charge in [0.2, 0.25) is 0 Å². The Morgan fingerprint density at radius 1 is 0.886 bits per heavy atom. The van der Waals surface area contributed by atoms with E-state index in [2.05, 4.69) is 74.0 Å². The first-order chi connectivity index (χ1) is 17.1. The van der Waals surface area contributed by atoms with Crippen LogP contribution < -0.4 is 15.4 Å².